The van der Waals surface area contributed by atoms with Crippen LogP contribution < -0.4 is 0 Å². The zero-order valence-electron chi connectivity index (χ0n) is 10.1. The minimum absolute atomic E-state index is 0.0671. The van der Waals surface area contributed by atoms with Gasteiger partial charge in [-0.1, -0.05) is 19.1 Å². The number of hydrogen-bond donors (Lipinski definition) is 3. The topological polar surface area (TPSA) is 112 Å². The summed E-state index contributed by atoms with van der Waals surface area (Å²) >= 11 is 0. The van der Waals surface area contributed by atoms with E-state index < -0.39 is 17.9 Å². The highest BCUT2D eigenvalue weighted by Crippen LogP contribution is 2.32. The van der Waals surface area contributed by atoms with Crippen LogP contribution >= 0.6 is 0 Å². The van der Waals surface area contributed by atoms with Gasteiger partial charge in [0.25, 0.3) is 0 Å². The van der Waals surface area contributed by atoms with Crippen molar-refractivity contribution in [1.82, 2.24) is 0 Å². The lowest BCUT2D eigenvalue weighted by Gasteiger charge is -1.94. The second-order valence-corrected chi connectivity index (χ2v) is 3.72. The summed E-state index contributed by atoms with van der Waals surface area (Å²) in [6.07, 6.45) is 1.66. The second kappa shape index (κ2) is 7.26. The van der Waals surface area contributed by atoms with E-state index in [1.54, 1.807) is 6.92 Å². The number of carbonyl (C=O) groups is 3. The smallest absolute Gasteiger partial charge is 0.332 e. The molecule has 0 bridgehead atoms. The Bertz CT molecular complexity index is 399. The number of hydrogen-bond acceptors (Lipinski definition) is 3. The third-order valence-electron chi connectivity index (χ3n) is 2.24. The normalized spacial score (nSPS) is 11.9. The number of carboxylic acid groups (broad SMARTS) is 3. The van der Waals surface area contributed by atoms with Crippen molar-refractivity contribution in [2.75, 3.05) is 0 Å². The maximum Gasteiger partial charge on any atom is 0.332 e. The van der Waals surface area contributed by atoms with Crippen molar-refractivity contribution in [3.8, 4) is 0 Å². The molecule has 1 rings (SSSR count). The van der Waals surface area contributed by atoms with Gasteiger partial charge in [-0.05, 0) is 19.3 Å². The van der Waals surface area contributed by atoms with E-state index in [4.69, 9.17) is 15.3 Å². The molecule has 18 heavy (non-hydrogen) atoms. The molecule has 0 radical (unpaired) electrons. The van der Waals surface area contributed by atoms with Crippen LogP contribution in [0.15, 0.2) is 23.3 Å². The van der Waals surface area contributed by atoms with Crippen LogP contribution in [0.2, 0.25) is 0 Å². The molecule has 1 aliphatic carbocycles. The molecule has 1 aliphatic rings. The molecule has 0 aliphatic heterocycles. The lowest BCUT2D eigenvalue weighted by atomic mass is 10.2. The molecule has 0 atom stereocenters. The maximum absolute atomic E-state index is 10.4. The highest BCUT2D eigenvalue weighted by molar-refractivity contribution is 5.93. The van der Waals surface area contributed by atoms with E-state index in [-0.39, 0.29) is 17.6 Å². The van der Waals surface area contributed by atoms with Gasteiger partial charge >= 0.3 is 17.9 Å². The zero-order valence-corrected chi connectivity index (χ0v) is 10.1. The minimum Gasteiger partial charge on any atom is -0.481 e. The van der Waals surface area contributed by atoms with Crippen molar-refractivity contribution in [1.29, 1.82) is 0 Å². The zero-order chi connectivity index (χ0) is 14.3. The first-order chi connectivity index (χ1) is 8.29. The van der Waals surface area contributed by atoms with Crippen LogP contribution in [0, 0.1) is 0 Å². The predicted octanol–water partition coefficient (Wildman–Crippen LogP) is 1.67. The molecule has 0 aromatic carbocycles. The number of allylic oxidation sites excluding steroid dienone is 1. The molecule has 1 fully saturated rings. The fourth-order valence-electron chi connectivity index (χ4n) is 1.02. The van der Waals surface area contributed by atoms with Gasteiger partial charge < -0.3 is 15.3 Å². The summed E-state index contributed by atoms with van der Waals surface area (Å²) in [5, 5.41) is 24.9. The van der Waals surface area contributed by atoms with Crippen LogP contribution in [0.5, 0.6) is 0 Å². The summed E-state index contributed by atoms with van der Waals surface area (Å²) in [7, 11) is 0. The SMILES string of the molecule is C=C(CC)C(=O)O.O=C(O)CC(C(=O)O)=C1CC1. The van der Waals surface area contributed by atoms with Crippen LogP contribution in [-0.4, -0.2) is 33.2 Å². The summed E-state index contributed by atoms with van der Waals surface area (Å²) in [5.74, 6) is -3.08. The Morgan fingerprint density at radius 2 is 1.61 bits per heavy atom. The summed E-state index contributed by atoms with van der Waals surface area (Å²) in [6.45, 7) is 5.03. The fourth-order valence-corrected chi connectivity index (χ4v) is 1.02. The Morgan fingerprint density at radius 1 is 1.11 bits per heavy atom. The largest absolute Gasteiger partial charge is 0.481 e. The van der Waals surface area contributed by atoms with Crippen LogP contribution in [0.4, 0.5) is 0 Å². The fraction of sp³-hybridized carbons (Fsp3) is 0.417. The summed E-state index contributed by atoms with van der Waals surface area (Å²) in [4.78, 5) is 30.4. The molecule has 0 heterocycles. The van der Waals surface area contributed by atoms with Crippen LogP contribution in [0.1, 0.15) is 32.6 Å². The molecule has 100 valence electrons. The van der Waals surface area contributed by atoms with Gasteiger partial charge in [0.1, 0.15) is 0 Å². The van der Waals surface area contributed by atoms with Gasteiger partial charge in [-0.3, -0.25) is 4.79 Å². The molecular formula is C12H16O6. The highest BCUT2D eigenvalue weighted by Gasteiger charge is 2.23. The quantitative estimate of drug-likeness (QED) is 0.645. The van der Waals surface area contributed by atoms with Crippen molar-refractivity contribution in [2.24, 2.45) is 0 Å². The van der Waals surface area contributed by atoms with E-state index >= 15 is 0 Å². The van der Waals surface area contributed by atoms with E-state index in [0.717, 1.165) is 18.4 Å². The first-order valence-corrected chi connectivity index (χ1v) is 5.36. The molecule has 0 spiro atoms. The van der Waals surface area contributed by atoms with Crippen molar-refractivity contribution >= 4 is 17.9 Å². The van der Waals surface area contributed by atoms with Crippen LogP contribution in [-0.2, 0) is 14.4 Å². The van der Waals surface area contributed by atoms with Gasteiger partial charge in [0.15, 0.2) is 0 Å². The first kappa shape index (κ1) is 15.9. The molecule has 6 nitrogen and oxygen atoms in total. The molecule has 0 unspecified atom stereocenters. The molecule has 0 aromatic rings. The predicted molar refractivity (Wildman–Crippen MR) is 63.2 cm³/mol. The number of aliphatic carboxylic acids is 3. The molecular weight excluding hydrogens is 240 g/mol. The Labute approximate surface area is 104 Å². The van der Waals surface area contributed by atoms with E-state index in [1.165, 1.54) is 0 Å². The van der Waals surface area contributed by atoms with E-state index in [1.807, 2.05) is 0 Å². The standard InChI is InChI=1S/C7H8O4.C5H8O2/c8-6(9)3-5(7(10)11)4-1-2-4;1-3-4(2)5(6)7/h1-3H2,(H,8,9)(H,10,11);2-3H2,1H3,(H,6,7). The number of carboxylic acids is 3. The second-order valence-electron chi connectivity index (χ2n) is 3.72. The first-order valence-electron chi connectivity index (χ1n) is 5.36. The summed E-state index contributed by atoms with van der Waals surface area (Å²) < 4.78 is 0. The molecule has 1 saturated carbocycles. The third-order valence-corrected chi connectivity index (χ3v) is 2.24. The molecule has 6 heteroatoms. The van der Waals surface area contributed by atoms with Gasteiger partial charge in [0, 0.05) is 11.1 Å². The van der Waals surface area contributed by atoms with Crippen molar-refractivity contribution in [3.63, 3.8) is 0 Å². The molecule has 0 saturated heterocycles. The average molecular weight is 256 g/mol. The van der Waals surface area contributed by atoms with Crippen LogP contribution in [0.25, 0.3) is 0 Å². The third kappa shape index (κ3) is 6.47. The van der Waals surface area contributed by atoms with Gasteiger partial charge in [0.05, 0.1) is 6.42 Å². The maximum atomic E-state index is 10.4. The van der Waals surface area contributed by atoms with Gasteiger partial charge in [-0.2, -0.15) is 0 Å². The molecule has 0 amide bonds. The van der Waals surface area contributed by atoms with E-state index in [0.29, 0.717) is 6.42 Å². The van der Waals surface area contributed by atoms with E-state index in [9.17, 15) is 14.4 Å². The summed E-state index contributed by atoms with van der Waals surface area (Å²) in [6, 6.07) is 0. The summed E-state index contributed by atoms with van der Waals surface area (Å²) in [5.41, 5.74) is 1.11. The molecule has 0 aromatic heterocycles. The highest BCUT2D eigenvalue weighted by atomic mass is 16.4. The van der Waals surface area contributed by atoms with Crippen molar-refractivity contribution in [2.45, 2.75) is 32.6 Å². The van der Waals surface area contributed by atoms with Crippen LogP contribution in [0.3, 0.4) is 0 Å². The number of rotatable bonds is 5. The Hall–Kier alpha value is -2.11. The minimum atomic E-state index is -1.10. The lowest BCUT2D eigenvalue weighted by molar-refractivity contribution is -0.139. The molecule has 3 N–H and O–H groups in total. The Kier molecular flexibility index (Phi) is 6.41. The average Bonchev–Trinajstić information content (AvgIpc) is 3.08. The van der Waals surface area contributed by atoms with Crippen molar-refractivity contribution < 1.29 is 29.7 Å². The van der Waals surface area contributed by atoms with Gasteiger partial charge in [-0.15, -0.1) is 0 Å². The van der Waals surface area contributed by atoms with Crippen molar-refractivity contribution in [3.05, 3.63) is 23.3 Å². The van der Waals surface area contributed by atoms with E-state index in [2.05, 4.69) is 6.58 Å². The van der Waals surface area contributed by atoms with Gasteiger partial charge in [0.2, 0.25) is 0 Å². The Balaban J connectivity index is 0.000000360. The Morgan fingerprint density at radius 3 is 1.78 bits per heavy atom. The van der Waals surface area contributed by atoms with Gasteiger partial charge in [-0.25, -0.2) is 9.59 Å². The lowest BCUT2D eigenvalue weighted by Crippen LogP contribution is -2.06. The monoisotopic (exact) mass is 256 g/mol.